The molecule has 1 rings (SSSR count). The normalized spacial score (nSPS) is 34.1. The summed E-state index contributed by atoms with van der Waals surface area (Å²) < 4.78 is 0. The molecule has 0 aromatic heterocycles. The van der Waals surface area contributed by atoms with Gasteiger partial charge in [-0.25, -0.2) is 0 Å². The van der Waals surface area contributed by atoms with Gasteiger partial charge in [0.1, 0.15) is 0 Å². The van der Waals surface area contributed by atoms with Crippen LogP contribution in [0, 0.1) is 17.3 Å². The molecule has 0 amide bonds. The molecule has 0 radical (unpaired) electrons. The number of aliphatic hydroxyl groups is 1. The Kier molecular flexibility index (Phi) is 3.65. The minimum atomic E-state index is -0.542. The Morgan fingerprint density at radius 3 is 2.47 bits per heavy atom. The van der Waals surface area contributed by atoms with Gasteiger partial charge in [-0.05, 0) is 36.5 Å². The monoisotopic (exact) mass is 210 g/mol. The largest absolute Gasteiger partial charge is 0.386 e. The van der Waals surface area contributed by atoms with Gasteiger partial charge in [0, 0.05) is 0 Å². The number of hydrogen-bond donors (Lipinski definition) is 1. The zero-order valence-electron chi connectivity index (χ0n) is 10.9. The second kappa shape index (κ2) is 4.29. The summed E-state index contributed by atoms with van der Waals surface area (Å²) >= 11 is 0. The van der Waals surface area contributed by atoms with Crippen molar-refractivity contribution in [2.75, 3.05) is 0 Å². The second-order valence-electron chi connectivity index (χ2n) is 6.45. The molecule has 0 bridgehead atoms. The van der Waals surface area contributed by atoms with Crippen molar-refractivity contribution in [3.63, 3.8) is 0 Å². The van der Waals surface area contributed by atoms with Crippen LogP contribution in [0.4, 0.5) is 0 Å². The van der Waals surface area contributed by atoms with Crippen LogP contribution in [-0.2, 0) is 0 Å². The predicted molar refractivity (Wildman–Crippen MR) is 65.7 cm³/mol. The van der Waals surface area contributed by atoms with Crippen molar-refractivity contribution in [3.8, 4) is 0 Å². The molecule has 1 N–H and O–H groups in total. The van der Waals surface area contributed by atoms with Crippen LogP contribution in [0.3, 0.4) is 0 Å². The summed E-state index contributed by atoms with van der Waals surface area (Å²) in [5.41, 5.74) is -0.258. The maximum atomic E-state index is 10.4. The molecule has 0 saturated heterocycles. The molecule has 0 spiro atoms. The van der Waals surface area contributed by atoms with E-state index in [-0.39, 0.29) is 5.41 Å². The van der Waals surface area contributed by atoms with Crippen LogP contribution < -0.4 is 0 Å². The lowest BCUT2D eigenvalue weighted by Crippen LogP contribution is -2.34. The Morgan fingerprint density at radius 2 is 2.07 bits per heavy atom. The number of allylic oxidation sites excluding steroid dienone is 1. The van der Waals surface area contributed by atoms with E-state index in [0.717, 1.165) is 19.3 Å². The highest BCUT2D eigenvalue weighted by Crippen LogP contribution is 2.37. The molecule has 3 unspecified atom stereocenters. The molecule has 0 aliphatic heterocycles. The van der Waals surface area contributed by atoms with Gasteiger partial charge in [-0.1, -0.05) is 46.8 Å². The van der Waals surface area contributed by atoms with Crippen LogP contribution in [0.2, 0.25) is 0 Å². The SMILES string of the molecule is CC1C=CC(O)(CC(C)C(C)(C)C)CC1. The second-order valence-corrected chi connectivity index (χ2v) is 6.45. The molecule has 0 heterocycles. The van der Waals surface area contributed by atoms with Gasteiger partial charge in [-0.15, -0.1) is 0 Å². The highest BCUT2D eigenvalue weighted by Gasteiger charge is 2.32. The summed E-state index contributed by atoms with van der Waals surface area (Å²) in [6.07, 6.45) is 7.12. The van der Waals surface area contributed by atoms with E-state index < -0.39 is 5.60 Å². The minimum Gasteiger partial charge on any atom is -0.386 e. The summed E-state index contributed by atoms with van der Waals surface area (Å²) in [6, 6.07) is 0. The predicted octanol–water partition coefficient (Wildman–Crippen LogP) is 3.78. The molecule has 15 heavy (non-hydrogen) atoms. The molecular weight excluding hydrogens is 184 g/mol. The van der Waals surface area contributed by atoms with Crippen molar-refractivity contribution in [2.45, 2.75) is 59.5 Å². The maximum absolute atomic E-state index is 10.4. The van der Waals surface area contributed by atoms with Crippen LogP contribution in [0.1, 0.15) is 53.9 Å². The molecule has 3 atom stereocenters. The van der Waals surface area contributed by atoms with Crippen molar-refractivity contribution in [3.05, 3.63) is 12.2 Å². The molecule has 88 valence electrons. The van der Waals surface area contributed by atoms with Crippen molar-refractivity contribution in [2.24, 2.45) is 17.3 Å². The van der Waals surface area contributed by atoms with Gasteiger partial charge in [0.15, 0.2) is 0 Å². The highest BCUT2D eigenvalue weighted by atomic mass is 16.3. The first-order valence-corrected chi connectivity index (χ1v) is 6.15. The van der Waals surface area contributed by atoms with Gasteiger partial charge in [0.2, 0.25) is 0 Å². The van der Waals surface area contributed by atoms with Crippen LogP contribution in [0.25, 0.3) is 0 Å². The standard InChI is InChI=1S/C14H26O/c1-11-6-8-14(15,9-7-11)10-12(2)13(3,4)5/h6,8,11-12,15H,7,9-10H2,1-5H3. The molecule has 0 aromatic carbocycles. The lowest BCUT2D eigenvalue weighted by molar-refractivity contribution is 0.0270. The van der Waals surface area contributed by atoms with Gasteiger partial charge < -0.3 is 5.11 Å². The van der Waals surface area contributed by atoms with Crippen LogP contribution in [0.15, 0.2) is 12.2 Å². The van der Waals surface area contributed by atoms with E-state index in [1.807, 2.05) is 6.08 Å². The lowest BCUT2D eigenvalue weighted by atomic mass is 9.72. The quantitative estimate of drug-likeness (QED) is 0.688. The first kappa shape index (κ1) is 12.8. The molecule has 0 saturated carbocycles. The number of rotatable bonds is 2. The highest BCUT2D eigenvalue weighted by molar-refractivity contribution is 5.07. The Morgan fingerprint density at radius 1 is 1.47 bits per heavy atom. The average molecular weight is 210 g/mol. The molecule has 1 heteroatoms. The summed E-state index contributed by atoms with van der Waals surface area (Å²) in [6.45, 7) is 11.2. The van der Waals surface area contributed by atoms with Crippen molar-refractivity contribution in [1.82, 2.24) is 0 Å². The van der Waals surface area contributed by atoms with Crippen molar-refractivity contribution < 1.29 is 5.11 Å². The molecule has 0 aromatic rings. The third-order valence-corrected chi connectivity index (χ3v) is 3.91. The zero-order valence-corrected chi connectivity index (χ0v) is 10.9. The van der Waals surface area contributed by atoms with E-state index in [1.165, 1.54) is 0 Å². The molecular formula is C14H26O. The molecule has 1 aliphatic rings. The van der Waals surface area contributed by atoms with Crippen LogP contribution in [-0.4, -0.2) is 10.7 Å². The number of hydrogen-bond acceptors (Lipinski definition) is 1. The molecule has 1 nitrogen and oxygen atoms in total. The van der Waals surface area contributed by atoms with E-state index in [4.69, 9.17) is 0 Å². The fraction of sp³-hybridized carbons (Fsp3) is 0.857. The zero-order chi connectivity index (χ0) is 11.7. The third-order valence-electron chi connectivity index (χ3n) is 3.91. The van der Waals surface area contributed by atoms with Gasteiger partial charge in [-0.2, -0.15) is 0 Å². The van der Waals surface area contributed by atoms with E-state index in [1.54, 1.807) is 0 Å². The van der Waals surface area contributed by atoms with E-state index in [0.29, 0.717) is 11.8 Å². The average Bonchev–Trinajstić information content (AvgIpc) is 2.09. The van der Waals surface area contributed by atoms with Gasteiger partial charge >= 0.3 is 0 Å². The third kappa shape index (κ3) is 3.64. The Bertz CT molecular complexity index is 236. The van der Waals surface area contributed by atoms with Crippen LogP contribution >= 0.6 is 0 Å². The van der Waals surface area contributed by atoms with E-state index in [9.17, 15) is 5.11 Å². The Labute approximate surface area is 94.6 Å². The topological polar surface area (TPSA) is 20.2 Å². The summed E-state index contributed by atoms with van der Waals surface area (Å²) in [5, 5.41) is 10.4. The maximum Gasteiger partial charge on any atom is 0.0830 e. The first-order valence-electron chi connectivity index (χ1n) is 6.15. The van der Waals surface area contributed by atoms with E-state index in [2.05, 4.69) is 40.7 Å². The van der Waals surface area contributed by atoms with Gasteiger partial charge in [0.05, 0.1) is 5.60 Å². The summed E-state index contributed by atoms with van der Waals surface area (Å²) in [7, 11) is 0. The van der Waals surface area contributed by atoms with E-state index >= 15 is 0 Å². The van der Waals surface area contributed by atoms with Crippen molar-refractivity contribution in [1.29, 1.82) is 0 Å². The fourth-order valence-electron chi connectivity index (χ4n) is 2.01. The molecule has 1 aliphatic carbocycles. The smallest absolute Gasteiger partial charge is 0.0830 e. The lowest BCUT2D eigenvalue weighted by Gasteiger charge is -2.36. The van der Waals surface area contributed by atoms with Crippen LogP contribution in [0.5, 0.6) is 0 Å². The minimum absolute atomic E-state index is 0.284. The van der Waals surface area contributed by atoms with Crippen molar-refractivity contribution >= 4 is 0 Å². The Hall–Kier alpha value is -0.300. The Balaban J connectivity index is 2.61. The molecule has 0 fully saturated rings. The summed E-state index contributed by atoms with van der Waals surface area (Å²) in [4.78, 5) is 0. The fourth-order valence-corrected chi connectivity index (χ4v) is 2.01. The van der Waals surface area contributed by atoms with Gasteiger partial charge in [-0.3, -0.25) is 0 Å². The first-order chi connectivity index (χ1) is 6.73. The summed E-state index contributed by atoms with van der Waals surface area (Å²) in [5.74, 6) is 1.18. The van der Waals surface area contributed by atoms with Gasteiger partial charge in [0.25, 0.3) is 0 Å².